The minimum absolute atomic E-state index is 0.0506. The number of aromatic nitrogens is 4. The van der Waals surface area contributed by atoms with Gasteiger partial charge < -0.3 is 31.0 Å². The Morgan fingerprint density at radius 1 is 1.26 bits per heavy atom. The Hall–Kier alpha value is -3.40. The quantitative estimate of drug-likeness (QED) is 0.517. The van der Waals surface area contributed by atoms with Crippen molar-refractivity contribution >= 4 is 28.6 Å². The highest BCUT2D eigenvalue weighted by molar-refractivity contribution is 5.88. The molecule has 3 aliphatic rings. The van der Waals surface area contributed by atoms with Crippen LogP contribution in [-0.2, 0) is 17.8 Å². The molecule has 1 saturated heterocycles. The third-order valence-electron chi connectivity index (χ3n) is 7.08. The molecule has 3 aromatic rings. The second kappa shape index (κ2) is 7.30. The molecule has 0 spiro atoms. The number of carbonyl (C=O) groups excluding carboxylic acids is 1. The first kappa shape index (κ1) is 21.2. The van der Waals surface area contributed by atoms with Crippen LogP contribution in [0.15, 0.2) is 24.8 Å². The summed E-state index contributed by atoms with van der Waals surface area (Å²) in [5, 5.41) is 3.08. The Morgan fingerprint density at radius 3 is 2.88 bits per heavy atom. The van der Waals surface area contributed by atoms with Crippen LogP contribution >= 0.6 is 0 Å². The minimum atomic E-state index is -0.900. The molecule has 6 rings (SSSR count). The third kappa shape index (κ3) is 3.53. The standard InChI is InChI=1S/C24H30N8O2/c1-23(2)9-14-3-6-17(31-8-7-24(26,11-31)22(33)30-15-4-5-15)16(19(14)34-23)10-32-13-29-18-20(25)27-12-28-21(18)32/h3,6,12-13,15H,4-5,7-11,26H2,1-2H3,(H,30,33)(H2,25,27,28). The molecule has 10 nitrogen and oxygen atoms in total. The van der Waals surface area contributed by atoms with Gasteiger partial charge in [-0.1, -0.05) is 6.07 Å². The number of amides is 1. The maximum Gasteiger partial charge on any atom is 0.242 e. The molecule has 4 heterocycles. The van der Waals surface area contributed by atoms with E-state index in [1.54, 1.807) is 6.33 Å². The van der Waals surface area contributed by atoms with E-state index in [2.05, 4.69) is 51.1 Å². The second-order valence-electron chi connectivity index (χ2n) is 10.5. The maximum absolute atomic E-state index is 12.9. The summed E-state index contributed by atoms with van der Waals surface area (Å²) in [4.78, 5) is 28.0. The van der Waals surface area contributed by atoms with Crippen molar-refractivity contribution in [2.45, 2.75) is 63.3 Å². The number of nitrogen functional groups attached to an aromatic ring is 1. The lowest BCUT2D eigenvalue weighted by molar-refractivity contribution is -0.125. The molecule has 5 N–H and O–H groups in total. The van der Waals surface area contributed by atoms with E-state index in [0.717, 1.165) is 36.3 Å². The number of anilines is 2. The smallest absolute Gasteiger partial charge is 0.242 e. The molecule has 1 amide bonds. The van der Waals surface area contributed by atoms with Gasteiger partial charge in [0.2, 0.25) is 5.91 Å². The Kier molecular flexibility index (Phi) is 4.54. The van der Waals surface area contributed by atoms with Gasteiger partial charge in [0, 0.05) is 36.8 Å². The normalized spacial score (nSPS) is 23.2. The summed E-state index contributed by atoms with van der Waals surface area (Å²) in [7, 11) is 0. The highest BCUT2D eigenvalue weighted by Crippen LogP contribution is 2.43. The van der Waals surface area contributed by atoms with Crippen molar-refractivity contribution in [1.82, 2.24) is 24.8 Å². The zero-order chi connectivity index (χ0) is 23.7. The van der Waals surface area contributed by atoms with Crippen LogP contribution in [0, 0.1) is 0 Å². The number of ether oxygens (including phenoxy) is 1. The number of benzene rings is 1. The van der Waals surface area contributed by atoms with E-state index < -0.39 is 5.54 Å². The molecule has 34 heavy (non-hydrogen) atoms. The lowest BCUT2D eigenvalue weighted by Gasteiger charge is -2.27. The van der Waals surface area contributed by atoms with Gasteiger partial charge in [-0.15, -0.1) is 0 Å². The van der Waals surface area contributed by atoms with Gasteiger partial charge in [0.15, 0.2) is 11.5 Å². The molecule has 178 valence electrons. The summed E-state index contributed by atoms with van der Waals surface area (Å²) in [6.07, 6.45) is 6.71. The van der Waals surface area contributed by atoms with Gasteiger partial charge in [-0.3, -0.25) is 4.79 Å². The first-order valence-electron chi connectivity index (χ1n) is 11.8. The van der Waals surface area contributed by atoms with E-state index in [9.17, 15) is 4.79 Å². The Balaban J connectivity index is 1.38. The molecule has 1 aliphatic carbocycles. The molecule has 2 aliphatic heterocycles. The predicted octanol–water partition coefficient (Wildman–Crippen LogP) is 1.36. The van der Waals surface area contributed by atoms with Crippen LogP contribution < -0.4 is 26.4 Å². The topological polar surface area (TPSA) is 137 Å². The molecular weight excluding hydrogens is 432 g/mol. The second-order valence-corrected chi connectivity index (χ2v) is 10.5. The van der Waals surface area contributed by atoms with Crippen molar-refractivity contribution in [3.05, 3.63) is 35.9 Å². The van der Waals surface area contributed by atoms with Crippen molar-refractivity contribution < 1.29 is 9.53 Å². The van der Waals surface area contributed by atoms with Gasteiger partial charge >= 0.3 is 0 Å². The molecule has 1 saturated carbocycles. The summed E-state index contributed by atoms with van der Waals surface area (Å²) in [6.45, 7) is 5.86. The molecule has 1 unspecified atom stereocenters. The zero-order valence-electron chi connectivity index (χ0n) is 19.5. The molecule has 1 atom stereocenters. The summed E-state index contributed by atoms with van der Waals surface area (Å²) in [6, 6.07) is 4.55. The van der Waals surface area contributed by atoms with E-state index in [1.165, 1.54) is 11.9 Å². The van der Waals surface area contributed by atoms with Crippen LogP contribution in [0.25, 0.3) is 11.2 Å². The minimum Gasteiger partial charge on any atom is -0.487 e. The summed E-state index contributed by atoms with van der Waals surface area (Å²) < 4.78 is 8.41. The van der Waals surface area contributed by atoms with E-state index in [0.29, 0.717) is 43.0 Å². The molecular formula is C24H30N8O2. The number of carbonyl (C=O) groups is 1. The van der Waals surface area contributed by atoms with Crippen molar-refractivity contribution in [1.29, 1.82) is 0 Å². The lowest BCUT2D eigenvalue weighted by Crippen LogP contribution is -2.56. The number of hydrogen-bond donors (Lipinski definition) is 3. The highest BCUT2D eigenvalue weighted by atomic mass is 16.5. The molecule has 2 fully saturated rings. The SMILES string of the molecule is CC1(C)Cc2ccc(N3CCC(N)(C(=O)NC4CC4)C3)c(Cn3cnc4c(N)ncnc43)c2O1. The van der Waals surface area contributed by atoms with Crippen molar-refractivity contribution in [3.8, 4) is 5.75 Å². The van der Waals surface area contributed by atoms with Gasteiger partial charge in [-0.05, 0) is 44.7 Å². The molecule has 0 radical (unpaired) electrons. The first-order valence-corrected chi connectivity index (χ1v) is 11.8. The summed E-state index contributed by atoms with van der Waals surface area (Å²) in [5.41, 5.74) is 15.9. The average molecular weight is 463 g/mol. The van der Waals surface area contributed by atoms with Crippen LogP contribution in [0.4, 0.5) is 11.5 Å². The number of rotatable bonds is 5. The van der Waals surface area contributed by atoms with Gasteiger partial charge in [-0.2, -0.15) is 0 Å². The summed E-state index contributed by atoms with van der Waals surface area (Å²) >= 11 is 0. The van der Waals surface area contributed by atoms with Gasteiger partial charge in [-0.25, -0.2) is 15.0 Å². The molecule has 0 bridgehead atoms. The predicted molar refractivity (Wildman–Crippen MR) is 129 cm³/mol. The fraction of sp³-hybridized carbons (Fsp3) is 0.500. The number of nitrogens with one attached hydrogen (secondary N) is 1. The van der Waals surface area contributed by atoms with Crippen molar-refractivity contribution in [3.63, 3.8) is 0 Å². The van der Waals surface area contributed by atoms with Crippen LogP contribution in [0.2, 0.25) is 0 Å². The number of imidazole rings is 1. The summed E-state index contributed by atoms with van der Waals surface area (Å²) in [5.74, 6) is 1.20. The Labute approximate surface area is 197 Å². The average Bonchev–Trinajstić information content (AvgIpc) is 3.21. The van der Waals surface area contributed by atoms with Crippen LogP contribution in [0.5, 0.6) is 5.75 Å². The van der Waals surface area contributed by atoms with E-state index >= 15 is 0 Å². The highest BCUT2D eigenvalue weighted by Gasteiger charge is 2.44. The van der Waals surface area contributed by atoms with Crippen LogP contribution in [-0.4, -0.2) is 55.7 Å². The lowest BCUT2D eigenvalue weighted by atomic mass is 9.98. The largest absolute Gasteiger partial charge is 0.487 e. The Morgan fingerprint density at radius 2 is 2.09 bits per heavy atom. The third-order valence-corrected chi connectivity index (χ3v) is 7.08. The van der Waals surface area contributed by atoms with Gasteiger partial charge in [0.25, 0.3) is 0 Å². The van der Waals surface area contributed by atoms with Gasteiger partial charge in [0.05, 0.1) is 12.9 Å². The Bertz CT molecular complexity index is 1300. The maximum atomic E-state index is 12.9. The van der Waals surface area contributed by atoms with Crippen LogP contribution in [0.3, 0.4) is 0 Å². The van der Waals surface area contributed by atoms with Crippen molar-refractivity contribution in [2.75, 3.05) is 23.7 Å². The molecule has 1 aromatic carbocycles. The molecule has 2 aromatic heterocycles. The fourth-order valence-electron chi connectivity index (χ4n) is 5.12. The first-order chi connectivity index (χ1) is 16.2. The monoisotopic (exact) mass is 462 g/mol. The number of hydrogen-bond acceptors (Lipinski definition) is 8. The van der Waals surface area contributed by atoms with E-state index in [4.69, 9.17) is 16.2 Å². The number of fused-ring (bicyclic) bond motifs is 2. The number of nitrogens with zero attached hydrogens (tertiary/aromatic N) is 5. The zero-order valence-corrected chi connectivity index (χ0v) is 19.5. The molecule has 10 heteroatoms. The van der Waals surface area contributed by atoms with Crippen LogP contribution in [0.1, 0.15) is 44.2 Å². The van der Waals surface area contributed by atoms with Crippen molar-refractivity contribution in [2.24, 2.45) is 5.73 Å². The fourth-order valence-corrected chi connectivity index (χ4v) is 5.12. The number of nitrogens with two attached hydrogens (primary N) is 2. The van der Waals surface area contributed by atoms with Gasteiger partial charge in [0.1, 0.15) is 28.7 Å². The van der Waals surface area contributed by atoms with E-state index in [-0.39, 0.29) is 17.6 Å². The van der Waals surface area contributed by atoms with E-state index in [1.807, 2.05) is 4.57 Å².